The van der Waals surface area contributed by atoms with Gasteiger partial charge >= 0.3 is 0 Å². The molecule has 4 heterocycles. The molecule has 0 unspecified atom stereocenters. The molecule has 0 bridgehead atoms. The smallest absolute Gasteiger partial charge is 0.145 e. The third-order valence-corrected chi connectivity index (χ3v) is 5.24. The molecule has 0 spiro atoms. The molecule has 0 aliphatic carbocycles. The topological polar surface area (TPSA) is 115 Å². The van der Waals surface area contributed by atoms with E-state index in [-0.39, 0.29) is 12.2 Å². The van der Waals surface area contributed by atoms with E-state index in [9.17, 15) is 0 Å². The van der Waals surface area contributed by atoms with Gasteiger partial charge in [-0.25, -0.2) is 9.97 Å². The first kappa shape index (κ1) is 19.6. The van der Waals surface area contributed by atoms with Gasteiger partial charge in [0.05, 0.1) is 46.0 Å². The van der Waals surface area contributed by atoms with Crippen LogP contribution in [0, 0.1) is 7.14 Å². The maximum Gasteiger partial charge on any atom is 0.145 e. The molecule has 26 heavy (non-hydrogen) atoms. The van der Waals surface area contributed by atoms with Gasteiger partial charge in [0.2, 0.25) is 0 Å². The molecule has 10 heteroatoms. The average Bonchev–Trinajstić information content (AvgIpc) is 2.54. The van der Waals surface area contributed by atoms with Crippen molar-refractivity contribution in [1.82, 2.24) is 9.97 Å². The number of nitrogen functional groups attached to an aromatic ring is 2. The monoisotopic (exact) mass is 584 g/mol. The summed E-state index contributed by atoms with van der Waals surface area (Å²) in [5, 5.41) is 0. The number of halogens is 2. The highest BCUT2D eigenvalue weighted by molar-refractivity contribution is 14.1. The molecular weight excluding hydrogens is 566 g/mol. The van der Waals surface area contributed by atoms with Crippen LogP contribution in [-0.2, 0) is 9.47 Å². The van der Waals surface area contributed by atoms with E-state index in [1.165, 1.54) is 0 Å². The normalized spacial score (nSPS) is 16.7. The van der Waals surface area contributed by atoms with Gasteiger partial charge in [-0.15, -0.1) is 0 Å². The van der Waals surface area contributed by atoms with Crippen LogP contribution in [0.3, 0.4) is 0 Å². The van der Waals surface area contributed by atoms with Crippen molar-refractivity contribution in [3.05, 3.63) is 31.7 Å². The van der Waals surface area contributed by atoms with Gasteiger partial charge in [0.15, 0.2) is 0 Å². The van der Waals surface area contributed by atoms with Crippen LogP contribution in [0.1, 0.15) is 0 Å². The predicted molar refractivity (Wildman–Crippen MR) is 113 cm³/mol. The molecule has 0 atom stereocenters. The lowest BCUT2D eigenvalue weighted by Crippen LogP contribution is -2.38. The van der Waals surface area contributed by atoms with E-state index in [1.54, 1.807) is 12.4 Å². The molecule has 2 aromatic heterocycles. The number of nitrogens with two attached hydrogens (primary N) is 2. The summed E-state index contributed by atoms with van der Waals surface area (Å²) in [5.41, 5.74) is 11.1. The standard InChI is InChI=1S/2C8H9IN2O2/c2*9-7-1-5(2-11-8(7)10)13-6-3-12-4-6/h2*1-2,6H,3-4H2,(H2,10,11). The van der Waals surface area contributed by atoms with Gasteiger partial charge in [0, 0.05) is 0 Å². The highest BCUT2D eigenvalue weighted by Crippen LogP contribution is 2.21. The first-order chi connectivity index (χ1) is 12.5. The van der Waals surface area contributed by atoms with E-state index < -0.39 is 0 Å². The van der Waals surface area contributed by atoms with E-state index in [1.807, 2.05) is 12.1 Å². The summed E-state index contributed by atoms with van der Waals surface area (Å²) in [6.45, 7) is 2.67. The zero-order valence-corrected chi connectivity index (χ0v) is 18.0. The van der Waals surface area contributed by atoms with Crippen LogP contribution in [0.5, 0.6) is 11.5 Å². The maximum absolute atomic E-state index is 5.57. The second-order valence-electron chi connectivity index (χ2n) is 5.63. The second-order valence-corrected chi connectivity index (χ2v) is 7.96. The van der Waals surface area contributed by atoms with Gasteiger partial charge in [-0.2, -0.15) is 0 Å². The van der Waals surface area contributed by atoms with Crippen LogP contribution in [0.15, 0.2) is 24.5 Å². The lowest BCUT2D eigenvalue weighted by atomic mass is 10.3. The molecule has 2 saturated heterocycles. The third kappa shape index (κ3) is 5.44. The van der Waals surface area contributed by atoms with Crippen molar-refractivity contribution >= 4 is 56.8 Å². The van der Waals surface area contributed by atoms with Crippen molar-refractivity contribution in [3.63, 3.8) is 0 Å². The molecule has 2 aliphatic rings. The molecule has 4 rings (SSSR count). The van der Waals surface area contributed by atoms with Crippen molar-refractivity contribution in [2.45, 2.75) is 12.2 Å². The van der Waals surface area contributed by atoms with E-state index in [4.69, 9.17) is 30.4 Å². The summed E-state index contributed by atoms with van der Waals surface area (Å²) in [7, 11) is 0. The molecule has 2 aromatic rings. The van der Waals surface area contributed by atoms with Crippen LogP contribution in [0.2, 0.25) is 0 Å². The quantitative estimate of drug-likeness (QED) is 0.526. The molecule has 0 amide bonds. The fourth-order valence-electron chi connectivity index (χ4n) is 1.94. The van der Waals surface area contributed by atoms with Crippen molar-refractivity contribution in [3.8, 4) is 11.5 Å². The average molecular weight is 584 g/mol. The largest absolute Gasteiger partial charge is 0.484 e. The lowest BCUT2D eigenvalue weighted by molar-refractivity contribution is -0.0798. The summed E-state index contributed by atoms with van der Waals surface area (Å²) in [5.74, 6) is 2.59. The van der Waals surface area contributed by atoms with Gasteiger partial charge < -0.3 is 30.4 Å². The maximum atomic E-state index is 5.57. The molecule has 4 N–H and O–H groups in total. The highest BCUT2D eigenvalue weighted by Gasteiger charge is 2.21. The number of hydrogen-bond acceptors (Lipinski definition) is 8. The van der Waals surface area contributed by atoms with Crippen LogP contribution >= 0.6 is 45.2 Å². The van der Waals surface area contributed by atoms with Gasteiger partial charge in [-0.05, 0) is 57.3 Å². The minimum atomic E-state index is 0.182. The Bertz CT molecular complexity index is 694. The van der Waals surface area contributed by atoms with Crippen molar-refractivity contribution in [2.24, 2.45) is 0 Å². The minimum Gasteiger partial charge on any atom is -0.484 e. The summed E-state index contributed by atoms with van der Waals surface area (Å²) >= 11 is 4.26. The van der Waals surface area contributed by atoms with Crippen molar-refractivity contribution in [1.29, 1.82) is 0 Å². The number of anilines is 2. The second kappa shape index (κ2) is 9.19. The Labute approximate surface area is 178 Å². The number of aromatic nitrogens is 2. The zero-order chi connectivity index (χ0) is 18.5. The Morgan fingerprint density at radius 2 is 1.19 bits per heavy atom. The van der Waals surface area contributed by atoms with E-state index in [0.29, 0.717) is 38.1 Å². The fraction of sp³-hybridized carbons (Fsp3) is 0.375. The molecule has 0 radical (unpaired) electrons. The Morgan fingerprint density at radius 3 is 1.46 bits per heavy atom. The van der Waals surface area contributed by atoms with Gasteiger partial charge in [-0.1, -0.05) is 0 Å². The van der Waals surface area contributed by atoms with Gasteiger partial charge in [-0.3, -0.25) is 0 Å². The van der Waals surface area contributed by atoms with Crippen LogP contribution < -0.4 is 20.9 Å². The van der Waals surface area contributed by atoms with E-state index >= 15 is 0 Å². The Kier molecular flexibility index (Phi) is 6.94. The van der Waals surface area contributed by atoms with Gasteiger partial charge in [0.25, 0.3) is 0 Å². The first-order valence-electron chi connectivity index (χ1n) is 7.82. The first-order valence-corrected chi connectivity index (χ1v) is 9.98. The summed E-state index contributed by atoms with van der Waals surface area (Å²) in [6.07, 6.45) is 3.63. The van der Waals surface area contributed by atoms with Crippen LogP contribution in [0.4, 0.5) is 11.6 Å². The third-order valence-electron chi connectivity index (χ3n) is 3.51. The molecule has 2 fully saturated rings. The molecule has 2 aliphatic heterocycles. The molecular formula is C16H18I2N4O4. The van der Waals surface area contributed by atoms with Crippen molar-refractivity contribution in [2.75, 3.05) is 37.9 Å². The van der Waals surface area contributed by atoms with Gasteiger partial charge in [0.1, 0.15) is 35.3 Å². The molecule has 0 aromatic carbocycles. The number of pyridine rings is 2. The number of ether oxygens (including phenoxy) is 4. The number of hydrogen-bond donors (Lipinski definition) is 2. The minimum absolute atomic E-state index is 0.182. The predicted octanol–water partition coefficient (Wildman–Crippen LogP) is 2.09. The summed E-state index contributed by atoms with van der Waals surface area (Å²) in [4.78, 5) is 7.99. The zero-order valence-electron chi connectivity index (χ0n) is 13.7. The van der Waals surface area contributed by atoms with Crippen LogP contribution in [-0.4, -0.2) is 48.6 Å². The van der Waals surface area contributed by atoms with E-state index in [0.717, 1.165) is 18.6 Å². The molecule has 8 nitrogen and oxygen atoms in total. The van der Waals surface area contributed by atoms with E-state index in [2.05, 4.69) is 55.1 Å². The number of rotatable bonds is 4. The van der Waals surface area contributed by atoms with Crippen molar-refractivity contribution < 1.29 is 18.9 Å². The van der Waals surface area contributed by atoms with Crippen LogP contribution in [0.25, 0.3) is 0 Å². The summed E-state index contributed by atoms with van der Waals surface area (Å²) in [6, 6.07) is 3.75. The Morgan fingerprint density at radius 1 is 0.808 bits per heavy atom. The summed E-state index contributed by atoms with van der Waals surface area (Å²) < 4.78 is 22.9. The Hall–Kier alpha value is -1.12. The Balaban J connectivity index is 0.000000151. The highest BCUT2D eigenvalue weighted by atomic mass is 127. The molecule has 140 valence electrons. The SMILES string of the molecule is Nc1ncc(OC2COC2)cc1I.Nc1ncc(OC2COC2)cc1I. The lowest BCUT2D eigenvalue weighted by Gasteiger charge is -2.26. The fourth-order valence-corrected chi connectivity index (χ4v) is 2.83. The molecule has 0 saturated carbocycles. The number of nitrogens with zero attached hydrogens (tertiary/aromatic N) is 2.